The van der Waals surface area contributed by atoms with Gasteiger partial charge >= 0.3 is 11.9 Å². The molecule has 0 aliphatic rings. The minimum atomic E-state index is -0.727. The summed E-state index contributed by atoms with van der Waals surface area (Å²) < 4.78 is 10.00. The van der Waals surface area contributed by atoms with Gasteiger partial charge in [-0.3, -0.25) is 0 Å². The van der Waals surface area contributed by atoms with Crippen molar-refractivity contribution in [2.24, 2.45) is 0 Å². The van der Waals surface area contributed by atoms with E-state index in [1.807, 2.05) is 38.1 Å². The molecule has 0 atom stereocenters. The van der Waals surface area contributed by atoms with Crippen LogP contribution in [0.2, 0.25) is 0 Å². The van der Waals surface area contributed by atoms with Gasteiger partial charge in [-0.2, -0.15) is 0 Å². The van der Waals surface area contributed by atoms with Crippen LogP contribution in [0.5, 0.6) is 11.5 Å². The SMILES string of the molecule is Cc1ccc(OC(=O)C#CC#CC#CC(=O)Oc2ccc(C)cc2)cc1. The summed E-state index contributed by atoms with van der Waals surface area (Å²) in [4.78, 5) is 23.0. The average molecular weight is 342 g/mol. The van der Waals surface area contributed by atoms with Gasteiger partial charge in [0.1, 0.15) is 11.5 Å². The average Bonchev–Trinajstić information content (AvgIpc) is 2.62. The highest BCUT2D eigenvalue weighted by Crippen LogP contribution is 2.11. The molecule has 2 rings (SSSR count). The summed E-state index contributed by atoms with van der Waals surface area (Å²) in [5, 5.41) is 0. The second-order valence-electron chi connectivity index (χ2n) is 5.16. The Labute approximate surface area is 152 Å². The minimum Gasteiger partial charge on any atom is -0.417 e. The predicted molar refractivity (Wildman–Crippen MR) is 97.0 cm³/mol. The molecular weight excluding hydrogens is 328 g/mol. The van der Waals surface area contributed by atoms with E-state index in [9.17, 15) is 9.59 Å². The fourth-order valence-corrected chi connectivity index (χ4v) is 1.70. The number of carbonyl (C=O) groups excluding carboxylic acids is 2. The number of hydrogen-bond acceptors (Lipinski definition) is 4. The van der Waals surface area contributed by atoms with Crippen molar-refractivity contribution in [2.75, 3.05) is 0 Å². The van der Waals surface area contributed by atoms with Crippen LogP contribution >= 0.6 is 0 Å². The lowest BCUT2D eigenvalue weighted by atomic mass is 10.2. The third-order valence-electron chi connectivity index (χ3n) is 2.98. The lowest BCUT2D eigenvalue weighted by molar-refractivity contribution is -0.128. The van der Waals surface area contributed by atoms with Crippen LogP contribution in [0.1, 0.15) is 11.1 Å². The second-order valence-corrected chi connectivity index (χ2v) is 5.16. The van der Waals surface area contributed by atoms with E-state index in [4.69, 9.17) is 9.47 Å². The van der Waals surface area contributed by atoms with Crippen molar-refractivity contribution in [3.05, 3.63) is 59.7 Å². The third kappa shape index (κ3) is 6.67. The van der Waals surface area contributed by atoms with Crippen molar-refractivity contribution in [1.82, 2.24) is 0 Å². The predicted octanol–water partition coefficient (Wildman–Crippen LogP) is 2.82. The first kappa shape index (κ1) is 18.4. The van der Waals surface area contributed by atoms with Crippen LogP contribution in [0.3, 0.4) is 0 Å². The highest BCUT2D eigenvalue weighted by Gasteiger charge is 2.00. The van der Waals surface area contributed by atoms with Gasteiger partial charge in [-0.25, -0.2) is 9.59 Å². The summed E-state index contributed by atoms with van der Waals surface area (Å²) in [6.07, 6.45) is 0. The van der Waals surface area contributed by atoms with Gasteiger partial charge in [-0.05, 0) is 61.8 Å². The Morgan fingerprint density at radius 1 is 0.615 bits per heavy atom. The van der Waals surface area contributed by atoms with E-state index in [-0.39, 0.29) is 0 Å². The fraction of sp³-hybridized carbons (Fsp3) is 0.0909. The van der Waals surface area contributed by atoms with Gasteiger partial charge < -0.3 is 9.47 Å². The Bertz CT molecular complexity index is 899. The Kier molecular flexibility index (Phi) is 6.64. The van der Waals surface area contributed by atoms with E-state index in [1.165, 1.54) is 0 Å². The second kappa shape index (κ2) is 9.38. The van der Waals surface area contributed by atoms with Crippen LogP contribution in [0.25, 0.3) is 0 Å². The summed E-state index contributed by atoms with van der Waals surface area (Å²) in [6, 6.07) is 14.0. The topological polar surface area (TPSA) is 52.6 Å². The molecule has 126 valence electrons. The van der Waals surface area contributed by atoms with Crippen molar-refractivity contribution in [3.63, 3.8) is 0 Å². The largest absolute Gasteiger partial charge is 0.417 e. The van der Waals surface area contributed by atoms with Gasteiger partial charge in [-0.1, -0.05) is 35.4 Å². The molecule has 0 amide bonds. The maximum Gasteiger partial charge on any atom is 0.390 e. The van der Waals surface area contributed by atoms with Crippen molar-refractivity contribution < 1.29 is 19.1 Å². The zero-order chi connectivity index (χ0) is 18.8. The van der Waals surface area contributed by atoms with Crippen LogP contribution in [0, 0.1) is 49.4 Å². The van der Waals surface area contributed by atoms with Gasteiger partial charge in [0.05, 0.1) is 0 Å². The van der Waals surface area contributed by atoms with Gasteiger partial charge in [0.2, 0.25) is 0 Å². The molecule has 26 heavy (non-hydrogen) atoms. The Morgan fingerprint density at radius 3 is 1.31 bits per heavy atom. The molecule has 4 heteroatoms. The maximum atomic E-state index is 11.5. The molecule has 0 fully saturated rings. The number of aryl methyl sites for hydroxylation is 2. The van der Waals surface area contributed by atoms with Gasteiger partial charge in [0, 0.05) is 11.8 Å². The molecule has 2 aromatic rings. The summed E-state index contributed by atoms with van der Waals surface area (Å²) in [7, 11) is 0. The van der Waals surface area contributed by atoms with Crippen LogP contribution in [-0.2, 0) is 9.59 Å². The highest BCUT2D eigenvalue weighted by atomic mass is 16.5. The lowest BCUT2D eigenvalue weighted by Gasteiger charge is -1.99. The monoisotopic (exact) mass is 342 g/mol. The van der Waals surface area contributed by atoms with E-state index < -0.39 is 11.9 Å². The molecule has 0 aromatic heterocycles. The lowest BCUT2D eigenvalue weighted by Crippen LogP contribution is -2.04. The number of carbonyl (C=O) groups is 2. The Hall–Kier alpha value is -3.94. The smallest absolute Gasteiger partial charge is 0.390 e. The fourth-order valence-electron chi connectivity index (χ4n) is 1.70. The summed E-state index contributed by atoms with van der Waals surface area (Å²) in [5.41, 5.74) is 2.11. The normalized spacial score (nSPS) is 8.54. The minimum absolute atomic E-state index is 0.404. The molecule has 0 saturated carbocycles. The van der Waals surface area contributed by atoms with Crippen LogP contribution < -0.4 is 9.47 Å². The standard InChI is InChI=1S/C22H14O4/c1-17-9-13-19(14-10-17)25-21(23)7-5-3-4-6-8-22(24)26-20-15-11-18(2)12-16-20/h9-16H,1-2H3. The summed E-state index contributed by atoms with van der Waals surface area (Å²) >= 11 is 0. The number of esters is 2. The van der Waals surface area contributed by atoms with Crippen LogP contribution in [0.4, 0.5) is 0 Å². The first-order valence-electron chi connectivity index (χ1n) is 7.62. The van der Waals surface area contributed by atoms with Gasteiger partial charge in [0.15, 0.2) is 0 Å². The van der Waals surface area contributed by atoms with Crippen molar-refractivity contribution in [3.8, 4) is 47.0 Å². The molecule has 0 bridgehead atoms. The first-order valence-corrected chi connectivity index (χ1v) is 7.62. The molecule has 0 unspecified atom stereocenters. The van der Waals surface area contributed by atoms with Crippen LogP contribution in [0.15, 0.2) is 48.5 Å². The summed E-state index contributed by atoms with van der Waals surface area (Å²) in [5.74, 6) is 13.1. The van der Waals surface area contributed by atoms with E-state index >= 15 is 0 Å². The Balaban J connectivity index is 1.83. The molecule has 4 nitrogen and oxygen atoms in total. The zero-order valence-corrected chi connectivity index (χ0v) is 14.3. The van der Waals surface area contributed by atoms with E-state index in [0.717, 1.165) is 11.1 Å². The molecule has 0 saturated heterocycles. The number of ether oxygens (including phenoxy) is 2. The molecule has 0 radical (unpaired) electrons. The van der Waals surface area contributed by atoms with Gasteiger partial charge in [-0.15, -0.1) is 0 Å². The third-order valence-corrected chi connectivity index (χ3v) is 2.98. The molecule has 0 spiro atoms. The number of rotatable bonds is 2. The maximum absolute atomic E-state index is 11.5. The number of hydrogen-bond donors (Lipinski definition) is 0. The van der Waals surface area contributed by atoms with E-state index in [2.05, 4.69) is 35.5 Å². The molecule has 2 aromatic carbocycles. The van der Waals surface area contributed by atoms with Gasteiger partial charge in [0.25, 0.3) is 0 Å². The van der Waals surface area contributed by atoms with Crippen molar-refractivity contribution in [2.45, 2.75) is 13.8 Å². The van der Waals surface area contributed by atoms with E-state index in [0.29, 0.717) is 11.5 Å². The van der Waals surface area contributed by atoms with Crippen molar-refractivity contribution >= 4 is 11.9 Å². The van der Waals surface area contributed by atoms with Crippen molar-refractivity contribution in [1.29, 1.82) is 0 Å². The molecule has 0 heterocycles. The first-order chi connectivity index (χ1) is 12.5. The highest BCUT2D eigenvalue weighted by molar-refractivity contribution is 5.91. The molecular formula is C22H14O4. The molecule has 0 aliphatic heterocycles. The zero-order valence-electron chi connectivity index (χ0n) is 14.3. The number of benzene rings is 2. The van der Waals surface area contributed by atoms with Crippen LogP contribution in [-0.4, -0.2) is 11.9 Å². The molecule has 0 N–H and O–H groups in total. The Morgan fingerprint density at radius 2 is 0.962 bits per heavy atom. The van der Waals surface area contributed by atoms with E-state index in [1.54, 1.807) is 24.3 Å². The quantitative estimate of drug-likeness (QED) is 0.364. The molecule has 0 aliphatic carbocycles. The summed E-state index contributed by atoms with van der Waals surface area (Å²) in [6.45, 7) is 3.86.